The molecule has 0 saturated carbocycles. The average molecular weight is 1540 g/mol. The van der Waals surface area contributed by atoms with E-state index in [2.05, 4.69) is 34.6 Å². The number of hydrogen-bond acceptors (Lipinski definition) is 15. The molecule has 17 nitrogen and oxygen atoms in total. The van der Waals surface area contributed by atoms with Crippen molar-refractivity contribution in [3.05, 3.63) is 0 Å². The molecular formula is C86H168O17P2. The number of ether oxygens (including phenoxy) is 4. The fourth-order valence-corrected chi connectivity index (χ4v) is 15.1. The summed E-state index contributed by atoms with van der Waals surface area (Å²) in [5.74, 6) is -1.40. The minimum absolute atomic E-state index is 0.108. The van der Waals surface area contributed by atoms with Crippen molar-refractivity contribution < 1.29 is 80.2 Å². The van der Waals surface area contributed by atoms with Crippen molar-refractivity contribution in [2.45, 2.75) is 483 Å². The molecule has 0 aromatic carbocycles. The van der Waals surface area contributed by atoms with Crippen LogP contribution in [0.5, 0.6) is 0 Å². The maximum absolute atomic E-state index is 13.1. The molecule has 105 heavy (non-hydrogen) atoms. The van der Waals surface area contributed by atoms with Gasteiger partial charge in [0.15, 0.2) is 12.2 Å². The molecule has 0 saturated heterocycles. The van der Waals surface area contributed by atoms with Crippen LogP contribution in [0.2, 0.25) is 0 Å². The van der Waals surface area contributed by atoms with Gasteiger partial charge in [-0.25, -0.2) is 9.13 Å². The van der Waals surface area contributed by atoms with Crippen molar-refractivity contribution in [3.8, 4) is 0 Å². The van der Waals surface area contributed by atoms with E-state index in [0.717, 1.165) is 96.3 Å². The maximum atomic E-state index is 13.1. The van der Waals surface area contributed by atoms with Crippen molar-refractivity contribution in [3.63, 3.8) is 0 Å². The lowest BCUT2D eigenvalue weighted by Gasteiger charge is -2.21. The third-order valence-corrected chi connectivity index (χ3v) is 22.2. The number of esters is 4. The van der Waals surface area contributed by atoms with E-state index in [1.807, 2.05) is 0 Å². The molecule has 2 unspecified atom stereocenters. The number of aliphatic hydroxyl groups is 1. The van der Waals surface area contributed by atoms with Crippen LogP contribution in [0.1, 0.15) is 465 Å². The fraction of sp³-hybridized carbons (Fsp3) is 0.953. The Kier molecular flexibility index (Phi) is 77.3. The Morgan fingerprint density at radius 2 is 0.438 bits per heavy atom. The highest BCUT2D eigenvalue weighted by atomic mass is 31.2. The largest absolute Gasteiger partial charge is 0.472 e. The first kappa shape index (κ1) is 103. The van der Waals surface area contributed by atoms with Gasteiger partial charge in [-0.05, 0) is 31.6 Å². The van der Waals surface area contributed by atoms with Crippen LogP contribution in [0.3, 0.4) is 0 Å². The lowest BCUT2D eigenvalue weighted by molar-refractivity contribution is -0.161. The highest BCUT2D eigenvalue weighted by molar-refractivity contribution is 7.47. The Morgan fingerprint density at radius 3 is 0.648 bits per heavy atom. The van der Waals surface area contributed by atoms with Crippen molar-refractivity contribution in [1.82, 2.24) is 0 Å². The molecule has 0 spiro atoms. The molecule has 0 aromatic heterocycles. The lowest BCUT2D eigenvalue weighted by atomic mass is 10.0. The molecule has 0 aliphatic carbocycles. The molecule has 0 bridgehead atoms. The molecule has 0 aromatic rings. The van der Waals surface area contributed by atoms with Gasteiger partial charge in [0.1, 0.15) is 19.3 Å². The van der Waals surface area contributed by atoms with Crippen LogP contribution in [-0.4, -0.2) is 96.7 Å². The molecule has 0 rings (SSSR count). The number of hydrogen-bond donors (Lipinski definition) is 3. The zero-order valence-electron chi connectivity index (χ0n) is 68.9. The SMILES string of the molecule is CCCCCCCCCCCCCCCCCCCCCCCCC(=O)O[C@H](COC(=O)CCCCCCCCCCCCCCCCCCCC)COP(=O)(O)OC[C@@H](O)COP(=O)(O)OC[C@@H](COC(=O)CCCCCCCCCC(C)C)OC(=O)CCCCCCCCCCCCCCCCC. The van der Waals surface area contributed by atoms with Crippen LogP contribution in [-0.2, 0) is 65.4 Å². The van der Waals surface area contributed by atoms with E-state index < -0.39 is 97.5 Å². The van der Waals surface area contributed by atoms with Crippen LogP contribution >= 0.6 is 15.6 Å². The molecule has 624 valence electrons. The van der Waals surface area contributed by atoms with Gasteiger partial charge in [-0.2, -0.15) is 0 Å². The van der Waals surface area contributed by atoms with Crippen molar-refractivity contribution in [2.75, 3.05) is 39.6 Å². The summed E-state index contributed by atoms with van der Waals surface area (Å²) in [6.07, 6.45) is 72.4. The molecular weight excluding hydrogens is 1370 g/mol. The zero-order valence-corrected chi connectivity index (χ0v) is 70.7. The molecule has 3 N–H and O–H groups in total. The van der Waals surface area contributed by atoms with Crippen LogP contribution in [0.4, 0.5) is 0 Å². The van der Waals surface area contributed by atoms with E-state index >= 15 is 0 Å². The minimum Gasteiger partial charge on any atom is -0.462 e. The molecule has 0 fully saturated rings. The number of aliphatic hydroxyl groups excluding tert-OH is 1. The Labute approximate surface area is 645 Å². The number of phosphoric ester groups is 2. The van der Waals surface area contributed by atoms with Gasteiger partial charge < -0.3 is 33.8 Å². The second kappa shape index (κ2) is 78.7. The van der Waals surface area contributed by atoms with Crippen LogP contribution < -0.4 is 0 Å². The molecule has 5 atom stereocenters. The first-order chi connectivity index (χ1) is 51.0. The lowest BCUT2D eigenvalue weighted by Crippen LogP contribution is -2.30. The zero-order chi connectivity index (χ0) is 76.9. The number of carbonyl (C=O) groups excluding carboxylic acids is 4. The predicted molar refractivity (Wildman–Crippen MR) is 432 cm³/mol. The number of carbonyl (C=O) groups is 4. The summed E-state index contributed by atoms with van der Waals surface area (Å²) in [6, 6.07) is 0. The van der Waals surface area contributed by atoms with Crippen LogP contribution in [0.25, 0.3) is 0 Å². The van der Waals surface area contributed by atoms with Gasteiger partial charge in [0.2, 0.25) is 0 Å². The monoisotopic (exact) mass is 1540 g/mol. The highest BCUT2D eigenvalue weighted by Gasteiger charge is 2.30. The molecule has 0 aliphatic heterocycles. The number of rotatable bonds is 86. The van der Waals surface area contributed by atoms with E-state index in [9.17, 15) is 43.2 Å². The number of phosphoric acid groups is 2. The van der Waals surface area contributed by atoms with E-state index in [1.54, 1.807) is 0 Å². The average Bonchev–Trinajstić information content (AvgIpc) is 0.915. The van der Waals surface area contributed by atoms with Crippen molar-refractivity contribution in [1.29, 1.82) is 0 Å². The van der Waals surface area contributed by atoms with Crippen molar-refractivity contribution >= 4 is 39.5 Å². The quantitative estimate of drug-likeness (QED) is 0.0222. The molecule has 0 heterocycles. The maximum Gasteiger partial charge on any atom is 0.472 e. The van der Waals surface area contributed by atoms with Gasteiger partial charge in [-0.1, -0.05) is 413 Å². The summed E-state index contributed by atoms with van der Waals surface area (Å²) >= 11 is 0. The van der Waals surface area contributed by atoms with Gasteiger partial charge >= 0.3 is 39.5 Å². The molecule has 19 heteroatoms. The normalized spacial score (nSPS) is 13.8. The highest BCUT2D eigenvalue weighted by Crippen LogP contribution is 2.45. The van der Waals surface area contributed by atoms with E-state index in [0.29, 0.717) is 31.6 Å². The van der Waals surface area contributed by atoms with Gasteiger partial charge in [-0.15, -0.1) is 0 Å². The third kappa shape index (κ3) is 79.9. The minimum atomic E-state index is -4.97. The van der Waals surface area contributed by atoms with E-state index in [1.165, 1.54) is 283 Å². The van der Waals surface area contributed by atoms with Gasteiger partial charge in [-0.3, -0.25) is 37.3 Å². The second-order valence-corrected chi connectivity index (χ2v) is 34.3. The number of unbranched alkanes of at least 4 members (excludes halogenated alkanes) is 58. The molecule has 0 aliphatic rings. The standard InChI is InChI=1S/C86H168O17P2/c1-6-9-12-15-18-21-24-27-30-32-34-35-36-37-39-42-45-48-51-56-62-67-72-85(90)102-81(75-96-83(88)69-64-59-54-49-46-43-41-38-33-31-28-25-22-19-16-13-10-7-2)77-100-104(92,93)98-73-80(87)74-99-105(94,95)101-78-82(76-97-84(89)70-65-60-57-52-53-58-63-68-79(4)5)103-86(91)71-66-61-55-50-47-44-40-29-26-23-20-17-14-11-8-3/h79-82,87H,6-78H2,1-5H3,(H,92,93)(H,94,95)/t80-,81-,82-/m1/s1. The summed E-state index contributed by atoms with van der Waals surface area (Å²) in [6.45, 7) is 7.31. The summed E-state index contributed by atoms with van der Waals surface area (Å²) < 4.78 is 68.9. The van der Waals surface area contributed by atoms with Gasteiger partial charge in [0.05, 0.1) is 26.4 Å². The topological polar surface area (TPSA) is 237 Å². The first-order valence-electron chi connectivity index (χ1n) is 44.6. The van der Waals surface area contributed by atoms with Crippen LogP contribution in [0.15, 0.2) is 0 Å². The Bertz CT molecular complexity index is 2000. The summed E-state index contributed by atoms with van der Waals surface area (Å²) in [5, 5.41) is 10.7. The second-order valence-electron chi connectivity index (χ2n) is 31.4. The van der Waals surface area contributed by atoms with Gasteiger partial charge in [0.25, 0.3) is 0 Å². The summed E-state index contributed by atoms with van der Waals surface area (Å²) in [5.41, 5.74) is 0. The molecule has 0 radical (unpaired) electrons. The summed E-state index contributed by atoms with van der Waals surface area (Å²) in [4.78, 5) is 73.2. The fourth-order valence-electron chi connectivity index (χ4n) is 13.5. The summed E-state index contributed by atoms with van der Waals surface area (Å²) in [7, 11) is -9.93. The Morgan fingerprint density at radius 1 is 0.257 bits per heavy atom. The Balaban J connectivity index is 5.21. The first-order valence-corrected chi connectivity index (χ1v) is 47.6. The predicted octanol–water partition coefficient (Wildman–Crippen LogP) is 26.4. The van der Waals surface area contributed by atoms with Gasteiger partial charge in [0, 0.05) is 25.7 Å². The van der Waals surface area contributed by atoms with E-state index in [4.69, 9.17) is 37.0 Å². The van der Waals surface area contributed by atoms with Crippen LogP contribution in [0, 0.1) is 5.92 Å². The third-order valence-electron chi connectivity index (χ3n) is 20.3. The smallest absolute Gasteiger partial charge is 0.462 e. The Hall–Kier alpha value is -1.94. The molecule has 0 amide bonds. The van der Waals surface area contributed by atoms with Crippen molar-refractivity contribution in [2.24, 2.45) is 5.92 Å². The van der Waals surface area contributed by atoms with E-state index in [-0.39, 0.29) is 25.7 Å².